The molecular formula is C11H25ClN2O3S. The molecule has 0 saturated carbocycles. The second-order valence-corrected chi connectivity index (χ2v) is 6.99. The molecule has 1 aliphatic rings. The van der Waals surface area contributed by atoms with Gasteiger partial charge in [-0.05, 0) is 24.7 Å². The molecule has 110 valence electrons. The summed E-state index contributed by atoms with van der Waals surface area (Å²) in [5.74, 6) is 0.716. The van der Waals surface area contributed by atoms with Crippen molar-refractivity contribution in [2.24, 2.45) is 17.6 Å². The third kappa shape index (κ3) is 6.89. The zero-order valence-electron chi connectivity index (χ0n) is 11.1. The lowest BCUT2D eigenvalue weighted by Crippen LogP contribution is -2.43. The standard InChI is InChI=1S/C11H24N2O3S.ClH/c1-9(2)5-11(6-12)13-17(14,15)8-10-3-4-16-7-10;/h9-11,13H,3-8,12H2,1-2H3;1H. The van der Waals surface area contributed by atoms with Crippen molar-refractivity contribution >= 4 is 22.4 Å². The number of nitrogens with one attached hydrogen (secondary N) is 1. The van der Waals surface area contributed by atoms with E-state index < -0.39 is 10.0 Å². The number of sulfonamides is 1. The van der Waals surface area contributed by atoms with Crippen LogP contribution in [-0.2, 0) is 14.8 Å². The summed E-state index contributed by atoms with van der Waals surface area (Å²) in [5, 5.41) is 0. The molecule has 0 aromatic carbocycles. The number of hydrogen-bond donors (Lipinski definition) is 2. The van der Waals surface area contributed by atoms with E-state index in [-0.39, 0.29) is 30.1 Å². The van der Waals surface area contributed by atoms with Gasteiger partial charge < -0.3 is 10.5 Å². The molecule has 1 fully saturated rings. The van der Waals surface area contributed by atoms with Gasteiger partial charge in [0.2, 0.25) is 10.0 Å². The molecule has 2 unspecified atom stereocenters. The molecule has 3 N–H and O–H groups in total. The van der Waals surface area contributed by atoms with Crippen molar-refractivity contribution in [2.75, 3.05) is 25.5 Å². The number of nitrogens with two attached hydrogens (primary N) is 1. The maximum Gasteiger partial charge on any atom is 0.212 e. The molecule has 5 nitrogen and oxygen atoms in total. The van der Waals surface area contributed by atoms with Crippen LogP contribution >= 0.6 is 12.4 Å². The Morgan fingerprint density at radius 1 is 1.44 bits per heavy atom. The fourth-order valence-corrected chi connectivity index (χ4v) is 3.77. The molecule has 0 amide bonds. The number of ether oxygens (including phenoxy) is 1. The van der Waals surface area contributed by atoms with Crippen LogP contribution in [-0.4, -0.2) is 40.0 Å². The first kappa shape index (κ1) is 18.1. The summed E-state index contributed by atoms with van der Waals surface area (Å²) in [6.07, 6.45) is 1.61. The van der Waals surface area contributed by atoms with E-state index in [1.807, 2.05) is 0 Å². The molecule has 0 spiro atoms. The zero-order chi connectivity index (χ0) is 12.9. The van der Waals surface area contributed by atoms with Gasteiger partial charge in [-0.15, -0.1) is 12.4 Å². The Morgan fingerprint density at radius 2 is 2.11 bits per heavy atom. The second-order valence-electron chi connectivity index (χ2n) is 5.19. The number of hydrogen-bond acceptors (Lipinski definition) is 4. The van der Waals surface area contributed by atoms with E-state index in [2.05, 4.69) is 18.6 Å². The highest BCUT2D eigenvalue weighted by Gasteiger charge is 2.25. The van der Waals surface area contributed by atoms with E-state index in [4.69, 9.17) is 10.5 Å². The Morgan fingerprint density at radius 3 is 2.56 bits per heavy atom. The monoisotopic (exact) mass is 300 g/mol. The van der Waals surface area contributed by atoms with Crippen LogP contribution in [0.1, 0.15) is 26.7 Å². The van der Waals surface area contributed by atoms with E-state index in [1.54, 1.807) is 0 Å². The minimum Gasteiger partial charge on any atom is -0.381 e. The predicted molar refractivity (Wildman–Crippen MR) is 75.4 cm³/mol. The Labute approximate surface area is 116 Å². The van der Waals surface area contributed by atoms with Gasteiger partial charge in [0, 0.05) is 19.2 Å². The van der Waals surface area contributed by atoms with Crippen molar-refractivity contribution in [3.05, 3.63) is 0 Å². The zero-order valence-corrected chi connectivity index (χ0v) is 12.7. The summed E-state index contributed by atoms with van der Waals surface area (Å²) < 4.78 is 31.7. The lowest BCUT2D eigenvalue weighted by atomic mass is 10.1. The molecule has 2 atom stereocenters. The van der Waals surface area contributed by atoms with Crippen molar-refractivity contribution in [2.45, 2.75) is 32.7 Å². The minimum absolute atomic E-state index is 0. The first-order valence-electron chi connectivity index (χ1n) is 6.20. The van der Waals surface area contributed by atoms with Crippen molar-refractivity contribution in [3.63, 3.8) is 0 Å². The van der Waals surface area contributed by atoms with Gasteiger partial charge in [0.25, 0.3) is 0 Å². The van der Waals surface area contributed by atoms with Gasteiger partial charge in [-0.2, -0.15) is 0 Å². The van der Waals surface area contributed by atoms with Crippen LogP contribution in [0.5, 0.6) is 0 Å². The van der Waals surface area contributed by atoms with Gasteiger partial charge in [-0.25, -0.2) is 13.1 Å². The van der Waals surface area contributed by atoms with Crippen LogP contribution < -0.4 is 10.5 Å². The molecule has 1 saturated heterocycles. The van der Waals surface area contributed by atoms with Gasteiger partial charge in [0.15, 0.2) is 0 Å². The quantitative estimate of drug-likeness (QED) is 0.726. The van der Waals surface area contributed by atoms with Crippen molar-refractivity contribution < 1.29 is 13.2 Å². The molecular weight excluding hydrogens is 276 g/mol. The third-order valence-electron chi connectivity index (χ3n) is 2.87. The molecule has 0 aliphatic carbocycles. The Kier molecular flexibility index (Phi) is 8.38. The van der Waals surface area contributed by atoms with Crippen molar-refractivity contribution in [1.29, 1.82) is 0 Å². The van der Waals surface area contributed by atoms with Crippen molar-refractivity contribution in [1.82, 2.24) is 4.72 Å². The SMILES string of the molecule is CC(C)CC(CN)NS(=O)(=O)CC1CCOC1.Cl. The largest absolute Gasteiger partial charge is 0.381 e. The molecule has 0 aromatic rings. The molecule has 1 rings (SSSR count). The first-order chi connectivity index (χ1) is 7.93. The highest BCUT2D eigenvalue weighted by molar-refractivity contribution is 7.89. The van der Waals surface area contributed by atoms with Gasteiger partial charge >= 0.3 is 0 Å². The molecule has 0 aromatic heterocycles. The van der Waals surface area contributed by atoms with Crippen LogP contribution in [0, 0.1) is 11.8 Å². The molecule has 18 heavy (non-hydrogen) atoms. The van der Waals surface area contributed by atoms with Crippen LogP contribution in [0.3, 0.4) is 0 Å². The fraction of sp³-hybridized carbons (Fsp3) is 1.00. The van der Waals surface area contributed by atoms with Gasteiger partial charge in [0.1, 0.15) is 0 Å². The summed E-state index contributed by atoms with van der Waals surface area (Å²) in [4.78, 5) is 0. The van der Waals surface area contributed by atoms with E-state index in [1.165, 1.54) is 0 Å². The topological polar surface area (TPSA) is 81.4 Å². The van der Waals surface area contributed by atoms with E-state index in [0.29, 0.717) is 25.7 Å². The van der Waals surface area contributed by atoms with Crippen molar-refractivity contribution in [3.8, 4) is 0 Å². The molecule has 1 heterocycles. The van der Waals surface area contributed by atoms with E-state index >= 15 is 0 Å². The van der Waals surface area contributed by atoms with E-state index in [0.717, 1.165) is 12.8 Å². The summed E-state index contributed by atoms with van der Waals surface area (Å²) in [6, 6.07) is -0.151. The average molecular weight is 301 g/mol. The smallest absolute Gasteiger partial charge is 0.212 e. The van der Waals surface area contributed by atoms with Crippen LogP contribution in [0.15, 0.2) is 0 Å². The van der Waals surface area contributed by atoms with Crippen LogP contribution in [0.25, 0.3) is 0 Å². The van der Waals surface area contributed by atoms with Crippen LogP contribution in [0.2, 0.25) is 0 Å². The summed E-state index contributed by atoms with van der Waals surface area (Å²) in [7, 11) is -3.23. The lowest BCUT2D eigenvalue weighted by molar-refractivity contribution is 0.188. The highest BCUT2D eigenvalue weighted by atomic mass is 35.5. The van der Waals surface area contributed by atoms with Crippen LogP contribution in [0.4, 0.5) is 0 Å². The minimum atomic E-state index is -3.23. The second kappa shape index (κ2) is 8.32. The third-order valence-corrected chi connectivity index (χ3v) is 4.47. The molecule has 7 heteroatoms. The summed E-state index contributed by atoms with van der Waals surface area (Å²) >= 11 is 0. The number of rotatable bonds is 7. The lowest BCUT2D eigenvalue weighted by Gasteiger charge is -2.19. The fourth-order valence-electron chi connectivity index (χ4n) is 2.09. The summed E-state index contributed by atoms with van der Waals surface area (Å²) in [5.41, 5.74) is 5.58. The molecule has 0 bridgehead atoms. The van der Waals surface area contributed by atoms with Gasteiger partial charge in [0.05, 0.1) is 12.4 Å². The molecule has 1 aliphatic heterocycles. The Hall–Kier alpha value is 0.120. The Balaban J connectivity index is 0.00000289. The Bertz CT molecular complexity index is 316. The maximum atomic E-state index is 11.9. The normalized spacial score (nSPS) is 21.9. The van der Waals surface area contributed by atoms with Gasteiger partial charge in [-0.1, -0.05) is 13.8 Å². The maximum absolute atomic E-state index is 11.9. The van der Waals surface area contributed by atoms with Gasteiger partial charge in [-0.3, -0.25) is 0 Å². The van der Waals surface area contributed by atoms with E-state index in [9.17, 15) is 8.42 Å². The first-order valence-corrected chi connectivity index (χ1v) is 7.86. The average Bonchev–Trinajstić information content (AvgIpc) is 2.67. The summed E-state index contributed by atoms with van der Waals surface area (Å²) in [6.45, 7) is 5.69. The highest BCUT2D eigenvalue weighted by Crippen LogP contribution is 2.15. The number of halogens is 1. The molecule has 0 radical (unpaired) electrons. The predicted octanol–water partition coefficient (Wildman–Crippen LogP) is 0.738.